The number of aliphatic hydroxyl groups is 1. The van der Waals surface area contributed by atoms with E-state index in [4.69, 9.17) is 5.11 Å². The summed E-state index contributed by atoms with van der Waals surface area (Å²) in [4.78, 5) is 11.0. The van der Waals surface area contributed by atoms with Crippen molar-refractivity contribution >= 4 is 5.91 Å². The van der Waals surface area contributed by atoms with Crippen molar-refractivity contribution in [2.24, 2.45) is 0 Å². The van der Waals surface area contributed by atoms with Crippen LogP contribution >= 0.6 is 0 Å². The fraction of sp³-hybridized carbons (Fsp3) is 0.364. The van der Waals surface area contributed by atoms with Gasteiger partial charge in [0.2, 0.25) is 5.91 Å². The minimum Gasteiger partial charge on any atom is -0.392 e. The zero-order chi connectivity index (χ0) is 10.4. The van der Waals surface area contributed by atoms with Crippen LogP contribution in [-0.2, 0) is 17.9 Å². The second kappa shape index (κ2) is 5.40. The van der Waals surface area contributed by atoms with Crippen molar-refractivity contribution in [2.75, 3.05) is 0 Å². The molecule has 0 aliphatic rings. The van der Waals surface area contributed by atoms with Gasteiger partial charge in [-0.25, -0.2) is 0 Å². The Labute approximate surface area is 83.8 Å². The van der Waals surface area contributed by atoms with Gasteiger partial charge in [0.25, 0.3) is 0 Å². The van der Waals surface area contributed by atoms with Gasteiger partial charge in [-0.2, -0.15) is 0 Å². The van der Waals surface area contributed by atoms with Crippen LogP contribution in [0.2, 0.25) is 0 Å². The number of hydrogen-bond donors (Lipinski definition) is 2. The molecule has 1 amide bonds. The first kappa shape index (κ1) is 10.7. The summed E-state index contributed by atoms with van der Waals surface area (Å²) < 4.78 is 0. The summed E-state index contributed by atoms with van der Waals surface area (Å²) in [5.74, 6) is 0.0521. The quantitative estimate of drug-likeness (QED) is 0.755. The van der Waals surface area contributed by atoms with Crippen LogP contribution in [-0.4, -0.2) is 11.0 Å². The van der Waals surface area contributed by atoms with Gasteiger partial charge in [-0.1, -0.05) is 31.2 Å². The molecular weight excluding hydrogens is 178 g/mol. The van der Waals surface area contributed by atoms with Gasteiger partial charge < -0.3 is 10.4 Å². The maximum atomic E-state index is 11.0. The number of carbonyl (C=O) groups is 1. The highest BCUT2D eigenvalue weighted by Gasteiger charge is 1.97. The zero-order valence-corrected chi connectivity index (χ0v) is 8.29. The molecule has 0 aliphatic heterocycles. The van der Waals surface area contributed by atoms with Crippen LogP contribution < -0.4 is 5.32 Å². The largest absolute Gasteiger partial charge is 0.392 e. The molecule has 14 heavy (non-hydrogen) atoms. The first-order valence-electron chi connectivity index (χ1n) is 4.71. The number of hydrogen-bond acceptors (Lipinski definition) is 2. The van der Waals surface area contributed by atoms with E-state index in [2.05, 4.69) is 5.32 Å². The van der Waals surface area contributed by atoms with E-state index in [1.54, 1.807) is 0 Å². The summed E-state index contributed by atoms with van der Waals surface area (Å²) >= 11 is 0. The standard InChI is InChI=1S/C11H15NO2/c1-2-11(14)12-7-9-3-5-10(8-13)6-4-9/h3-6,13H,2,7-8H2,1H3,(H,12,14). The van der Waals surface area contributed by atoms with Gasteiger partial charge >= 0.3 is 0 Å². The second-order valence-corrected chi connectivity index (χ2v) is 3.10. The fourth-order valence-electron chi connectivity index (χ4n) is 1.09. The number of rotatable bonds is 4. The van der Waals surface area contributed by atoms with Gasteiger partial charge in [-0.15, -0.1) is 0 Å². The van der Waals surface area contributed by atoms with E-state index < -0.39 is 0 Å². The Balaban J connectivity index is 2.47. The van der Waals surface area contributed by atoms with Crippen molar-refractivity contribution in [1.82, 2.24) is 5.32 Å². The fourth-order valence-corrected chi connectivity index (χ4v) is 1.09. The van der Waals surface area contributed by atoms with E-state index in [1.807, 2.05) is 31.2 Å². The molecule has 1 aromatic rings. The third-order valence-electron chi connectivity index (χ3n) is 2.02. The molecule has 0 spiro atoms. The highest BCUT2D eigenvalue weighted by Crippen LogP contribution is 2.03. The molecule has 0 heterocycles. The molecule has 3 heteroatoms. The first-order valence-corrected chi connectivity index (χ1v) is 4.71. The smallest absolute Gasteiger partial charge is 0.219 e. The Morgan fingerprint density at radius 3 is 2.36 bits per heavy atom. The van der Waals surface area contributed by atoms with E-state index in [1.165, 1.54) is 0 Å². The van der Waals surface area contributed by atoms with Crippen LogP contribution in [0.3, 0.4) is 0 Å². The lowest BCUT2D eigenvalue weighted by Gasteiger charge is -2.04. The lowest BCUT2D eigenvalue weighted by molar-refractivity contribution is -0.120. The van der Waals surface area contributed by atoms with Crippen molar-refractivity contribution in [1.29, 1.82) is 0 Å². The molecule has 0 saturated carbocycles. The zero-order valence-electron chi connectivity index (χ0n) is 8.29. The van der Waals surface area contributed by atoms with E-state index in [9.17, 15) is 4.79 Å². The van der Waals surface area contributed by atoms with Crippen molar-refractivity contribution in [3.8, 4) is 0 Å². The normalized spacial score (nSPS) is 9.86. The first-order chi connectivity index (χ1) is 6.76. The third-order valence-corrected chi connectivity index (χ3v) is 2.02. The molecule has 76 valence electrons. The Morgan fingerprint density at radius 2 is 1.86 bits per heavy atom. The molecule has 0 unspecified atom stereocenters. The van der Waals surface area contributed by atoms with E-state index >= 15 is 0 Å². The molecule has 2 N–H and O–H groups in total. The molecular formula is C11H15NO2. The average molecular weight is 193 g/mol. The van der Waals surface area contributed by atoms with Crippen molar-refractivity contribution in [3.63, 3.8) is 0 Å². The number of carbonyl (C=O) groups excluding carboxylic acids is 1. The number of benzene rings is 1. The van der Waals surface area contributed by atoms with Gasteiger partial charge in [0.15, 0.2) is 0 Å². The highest BCUT2D eigenvalue weighted by atomic mass is 16.3. The van der Waals surface area contributed by atoms with Gasteiger partial charge in [0.1, 0.15) is 0 Å². The van der Waals surface area contributed by atoms with Crippen LogP contribution in [0.15, 0.2) is 24.3 Å². The van der Waals surface area contributed by atoms with Gasteiger partial charge in [0.05, 0.1) is 6.61 Å². The molecule has 0 radical (unpaired) electrons. The van der Waals surface area contributed by atoms with Crippen LogP contribution in [0.25, 0.3) is 0 Å². The molecule has 0 saturated heterocycles. The monoisotopic (exact) mass is 193 g/mol. The van der Waals surface area contributed by atoms with Gasteiger partial charge in [-0.05, 0) is 11.1 Å². The summed E-state index contributed by atoms with van der Waals surface area (Å²) in [5.41, 5.74) is 1.93. The molecule has 1 rings (SSSR count). The number of aliphatic hydroxyl groups excluding tert-OH is 1. The summed E-state index contributed by atoms with van der Waals surface area (Å²) in [6.07, 6.45) is 0.509. The van der Waals surface area contributed by atoms with Gasteiger partial charge in [-0.3, -0.25) is 4.79 Å². The lowest BCUT2D eigenvalue weighted by Crippen LogP contribution is -2.21. The molecule has 1 aromatic carbocycles. The van der Waals surface area contributed by atoms with Crippen LogP contribution in [0.1, 0.15) is 24.5 Å². The summed E-state index contributed by atoms with van der Waals surface area (Å²) in [5, 5.41) is 11.6. The predicted molar refractivity (Wildman–Crippen MR) is 54.5 cm³/mol. The second-order valence-electron chi connectivity index (χ2n) is 3.10. The van der Waals surface area contributed by atoms with Crippen LogP contribution in [0.5, 0.6) is 0 Å². The average Bonchev–Trinajstić information content (AvgIpc) is 2.26. The van der Waals surface area contributed by atoms with Crippen molar-refractivity contribution < 1.29 is 9.90 Å². The Bertz CT molecular complexity index is 293. The lowest BCUT2D eigenvalue weighted by atomic mass is 10.1. The third kappa shape index (κ3) is 3.18. The molecule has 0 aliphatic carbocycles. The van der Waals surface area contributed by atoms with Crippen molar-refractivity contribution in [2.45, 2.75) is 26.5 Å². The van der Waals surface area contributed by atoms with Crippen LogP contribution in [0.4, 0.5) is 0 Å². The van der Waals surface area contributed by atoms with E-state index in [0.717, 1.165) is 11.1 Å². The van der Waals surface area contributed by atoms with Gasteiger partial charge in [0, 0.05) is 13.0 Å². The summed E-state index contributed by atoms with van der Waals surface area (Å²) in [6.45, 7) is 2.43. The minimum absolute atomic E-state index is 0.0521. The summed E-state index contributed by atoms with van der Waals surface area (Å²) in [7, 11) is 0. The predicted octanol–water partition coefficient (Wildman–Crippen LogP) is 1.21. The van der Waals surface area contributed by atoms with E-state index in [-0.39, 0.29) is 12.5 Å². The molecule has 0 atom stereocenters. The molecule has 0 bridgehead atoms. The maximum Gasteiger partial charge on any atom is 0.219 e. The number of amides is 1. The number of nitrogens with one attached hydrogen (secondary N) is 1. The minimum atomic E-state index is 0.0521. The Morgan fingerprint density at radius 1 is 1.29 bits per heavy atom. The topological polar surface area (TPSA) is 49.3 Å². The highest BCUT2D eigenvalue weighted by molar-refractivity contribution is 5.75. The summed E-state index contributed by atoms with van der Waals surface area (Å²) in [6, 6.07) is 7.52. The maximum absolute atomic E-state index is 11.0. The van der Waals surface area contributed by atoms with Crippen LogP contribution in [0, 0.1) is 0 Å². The Kier molecular flexibility index (Phi) is 4.13. The molecule has 3 nitrogen and oxygen atoms in total. The SMILES string of the molecule is CCC(=O)NCc1ccc(CO)cc1. The van der Waals surface area contributed by atoms with Crippen molar-refractivity contribution in [3.05, 3.63) is 35.4 Å². The molecule has 0 fully saturated rings. The molecule has 0 aromatic heterocycles. The Hall–Kier alpha value is -1.35. The van der Waals surface area contributed by atoms with E-state index in [0.29, 0.717) is 13.0 Å².